The number of ether oxygens (including phenoxy) is 3. The van der Waals surface area contributed by atoms with Crippen molar-refractivity contribution in [3.8, 4) is 11.5 Å². The Morgan fingerprint density at radius 3 is 2.41 bits per heavy atom. The van der Waals surface area contributed by atoms with E-state index in [-0.39, 0.29) is 12.0 Å². The molecule has 0 amide bonds. The van der Waals surface area contributed by atoms with Crippen LogP contribution in [-0.2, 0) is 4.74 Å². The largest absolute Gasteiger partial charge is 0.497 e. The molecule has 1 spiro atoms. The highest BCUT2D eigenvalue weighted by atomic mass is 16.5. The highest BCUT2D eigenvalue weighted by molar-refractivity contribution is 5.80. The van der Waals surface area contributed by atoms with E-state index < -0.39 is 6.10 Å². The van der Waals surface area contributed by atoms with Gasteiger partial charge >= 0.3 is 0 Å². The minimum absolute atomic E-state index is 0.250. The van der Waals surface area contributed by atoms with Crippen LogP contribution in [0.2, 0.25) is 0 Å². The first-order valence-corrected chi connectivity index (χ1v) is 10.6. The number of benzene rings is 1. The summed E-state index contributed by atoms with van der Waals surface area (Å²) in [4.78, 5) is 4.64. The molecule has 0 bridgehead atoms. The summed E-state index contributed by atoms with van der Waals surface area (Å²) < 4.78 is 16.5. The number of methoxy groups -OCH3 is 2. The number of hydrogen-bond donors (Lipinski definition) is 3. The molecule has 3 rings (SSSR count). The lowest BCUT2D eigenvalue weighted by Crippen LogP contribution is -2.68. The first-order valence-electron chi connectivity index (χ1n) is 10.6. The number of nitrogens with zero attached hydrogens (tertiary/aromatic N) is 1. The minimum Gasteiger partial charge on any atom is -0.497 e. The van der Waals surface area contributed by atoms with Gasteiger partial charge < -0.3 is 30.0 Å². The molecule has 2 fully saturated rings. The average Bonchev–Trinajstić information content (AvgIpc) is 2.69. The third kappa shape index (κ3) is 4.61. The maximum Gasteiger partial charge on any atom is 0.191 e. The molecule has 3 atom stereocenters. The molecule has 7 nitrogen and oxygen atoms in total. The molecule has 0 heterocycles. The number of rotatable bonds is 9. The van der Waals surface area contributed by atoms with Crippen LogP contribution >= 0.6 is 0 Å². The van der Waals surface area contributed by atoms with E-state index in [1.54, 1.807) is 20.3 Å². The van der Waals surface area contributed by atoms with E-state index in [2.05, 4.69) is 22.5 Å². The van der Waals surface area contributed by atoms with Crippen LogP contribution in [0.25, 0.3) is 0 Å². The molecular weight excluding hydrogens is 370 g/mol. The topological polar surface area (TPSA) is 84.3 Å². The molecule has 0 aromatic heterocycles. The quantitative estimate of drug-likeness (QED) is 0.433. The summed E-state index contributed by atoms with van der Waals surface area (Å²) in [7, 11) is 3.20. The fraction of sp³-hybridized carbons (Fsp3) is 0.682. The van der Waals surface area contributed by atoms with Gasteiger partial charge in [0.05, 0.1) is 33.0 Å². The lowest BCUT2D eigenvalue weighted by Gasteiger charge is -2.61. The zero-order valence-electron chi connectivity index (χ0n) is 18.0. The van der Waals surface area contributed by atoms with Crippen molar-refractivity contribution >= 4 is 5.96 Å². The predicted molar refractivity (Wildman–Crippen MR) is 114 cm³/mol. The fourth-order valence-corrected chi connectivity index (χ4v) is 4.43. The van der Waals surface area contributed by atoms with Crippen molar-refractivity contribution in [2.75, 3.05) is 33.9 Å². The van der Waals surface area contributed by atoms with Gasteiger partial charge in [0.15, 0.2) is 5.96 Å². The average molecular weight is 406 g/mol. The zero-order chi connectivity index (χ0) is 20.9. The van der Waals surface area contributed by atoms with Crippen LogP contribution in [0.4, 0.5) is 0 Å². The summed E-state index contributed by atoms with van der Waals surface area (Å²) in [6.45, 7) is 5.89. The molecule has 2 aliphatic carbocycles. The molecule has 0 saturated heterocycles. The molecule has 1 aromatic rings. The number of aliphatic hydroxyl groups is 1. The van der Waals surface area contributed by atoms with Gasteiger partial charge in [-0.1, -0.05) is 6.42 Å². The van der Waals surface area contributed by atoms with Crippen LogP contribution in [-0.4, -0.2) is 57.1 Å². The zero-order valence-corrected chi connectivity index (χ0v) is 18.0. The van der Waals surface area contributed by atoms with Gasteiger partial charge in [-0.2, -0.15) is 0 Å². The van der Waals surface area contributed by atoms with E-state index in [1.165, 1.54) is 19.3 Å². The summed E-state index contributed by atoms with van der Waals surface area (Å²) >= 11 is 0. The lowest BCUT2D eigenvalue weighted by atomic mass is 9.51. The van der Waals surface area contributed by atoms with Crippen LogP contribution in [0.5, 0.6) is 11.5 Å². The Bertz CT molecular complexity index is 683. The van der Waals surface area contributed by atoms with Crippen LogP contribution in [0.3, 0.4) is 0 Å². The summed E-state index contributed by atoms with van der Waals surface area (Å²) in [5, 5.41) is 17.6. The molecule has 0 aliphatic heterocycles. The maximum absolute atomic E-state index is 10.7. The Balaban J connectivity index is 1.65. The highest BCUT2D eigenvalue weighted by Gasteiger charge is 2.59. The second-order valence-corrected chi connectivity index (χ2v) is 7.84. The van der Waals surface area contributed by atoms with Gasteiger partial charge in [-0.25, -0.2) is 0 Å². The molecule has 1 aromatic carbocycles. The summed E-state index contributed by atoms with van der Waals surface area (Å²) in [6, 6.07) is 5.78. The number of nitrogens with one attached hydrogen (secondary N) is 2. The van der Waals surface area contributed by atoms with Gasteiger partial charge in [0.25, 0.3) is 0 Å². The monoisotopic (exact) mass is 405 g/mol. The first kappa shape index (κ1) is 21.7. The van der Waals surface area contributed by atoms with E-state index in [9.17, 15) is 5.11 Å². The number of guanidine groups is 1. The summed E-state index contributed by atoms with van der Waals surface area (Å²) in [5.41, 5.74) is 0.974. The predicted octanol–water partition coefficient (Wildman–Crippen LogP) is 2.64. The molecule has 2 saturated carbocycles. The van der Waals surface area contributed by atoms with Crippen molar-refractivity contribution in [3.05, 3.63) is 23.8 Å². The van der Waals surface area contributed by atoms with E-state index in [4.69, 9.17) is 14.2 Å². The Morgan fingerprint density at radius 1 is 1.21 bits per heavy atom. The van der Waals surface area contributed by atoms with Crippen molar-refractivity contribution in [1.29, 1.82) is 0 Å². The van der Waals surface area contributed by atoms with Gasteiger partial charge in [-0.3, -0.25) is 4.99 Å². The van der Waals surface area contributed by atoms with E-state index in [1.807, 2.05) is 19.1 Å². The van der Waals surface area contributed by atoms with Crippen molar-refractivity contribution in [2.45, 2.75) is 57.8 Å². The van der Waals surface area contributed by atoms with Gasteiger partial charge in [0, 0.05) is 30.7 Å². The maximum atomic E-state index is 10.7. The molecule has 29 heavy (non-hydrogen) atoms. The van der Waals surface area contributed by atoms with Gasteiger partial charge in [0.2, 0.25) is 0 Å². The Kier molecular flexibility index (Phi) is 7.24. The first-order chi connectivity index (χ1) is 14.1. The number of aliphatic hydroxyl groups excluding tert-OH is 1. The summed E-state index contributed by atoms with van der Waals surface area (Å²) in [6.07, 6.45) is 4.31. The Hall–Kier alpha value is -1.99. The van der Waals surface area contributed by atoms with Crippen LogP contribution in [0, 0.1) is 5.41 Å². The SMILES string of the molecule is CCNC(=NCC(O)c1cc(OC)cc(OC)c1)NC1CC(OCC)C12CCC2. The second kappa shape index (κ2) is 9.67. The van der Waals surface area contributed by atoms with E-state index >= 15 is 0 Å². The standard InChI is InChI=1S/C22H35N3O4/c1-5-23-21(25-19-13-20(29-6-2)22(19)8-7-9-22)24-14-18(26)15-10-16(27-3)12-17(11-15)28-4/h10-12,18-20,26H,5-9,13-14H2,1-4H3,(H2,23,24,25). The second-order valence-electron chi connectivity index (χ2n) is 7.84. The fourth-order valence-electron chi connectivity index (χ4n) is 4.43. The summed E-state index contributed by atoms with van der Waals surface area (Å²) in [5.74, 6) is 2.04. The molecular formula is C22H35N3O4. The van der Waals surface area contributed by atoms with Gasteiger partial charge in [-0.15, -0.1) is 0 Å². The third-order valence-electron chi connectivity index (χ3n) is 6.27. The Morgan fingerprint density at radius 2 is 1.90 bits per heavy atom. The molecule has 7 heteroatoms. The van der Waals surface area contributed by atoms with Crippen LogP contribution < -0.4 is 20.1 Å². The molecule has 3 unspecified atom stereocenters. The van der Waals surface area contributed by atoms with Gasteiger partial charge in [0.1, 0.15) is 11.5 Å². The third-order valence-corrected chi connectivity index (χ3v) is 6.27. The highest BCUT2D eigenvalue weighted by Crippen LogP contribution is 2.57. The molecule has 2 aliphatic rings. The smallest absolute Gasteiger partial charge is 0.191 e. The molecule has 162 valence electrons. The van der Waals surface area contributed by atoms with Crippen molar-refractivity contribution < 1.29 is 19.3 Å². The van der Waals surface area contributed by atoms with E-state index in [0.717, 1.165) is 31.1 Å². The van der Waals surface area contributed by atoms with Crippen molar-refractivity contribution in [3.63, 3.8) is 0 Å². The number of hydrogen-bond acceptors (Lipinski definition) is 5. The van der Waals surface area contributed by atoms with Gasteiger partial charge in [-0.05, 0) is 50.8 Å². The van der Waals surface area contributed by atoms with Crippen LogP contribution in [0.15, 0.2) is 23.2 Å². The van der Waals surface area contributed by atoms with Crippen LogP contribution in [0.1, 0.15) is 51.2 Å². The number of aliphatic imine (C=N–C) groups is 1. The molecule has 0 radical (unpaired) electrons. The van der Waals surface area contributed by atoms with Crippen molar-refractivity contribution in [2.24, 2.45) is 10.4 Å². The normalized spacial score (nSPS) is 23.7. The van der Waals surface area contributed by atoms with Crippen molar-refractivity contribution in [1.82, 2.24) is 10.6 Å². The Labute approximate surface area is 173 Å². The lowest BCUT2D eigenvalue weighted by molar-refractivity contribution is -0.168. The minimum atomic E-state index is -0.746. The van der Waals surface area contributed by atoms with E-state index in [0.29, 0.717) is 23.6 Å². The molecule has 3 N–H and O–H groups in total.